The number of hydrogen-bond acceptors (Lipinski definition) is 8. The van der Waals surface area contributed by atoms with Gasteiger partial charge in [-0.25, -0.2) is 19.2 Å². The number of carbonyl (C=O) groups excluding carboxylic acids is 2. The van der Waals surface area contributed by atoms with E-state index in [0.29, 0.717) is 17.2 Å². The predicted octanol–water partition coefficient (Wildman–Crippen LogP) is 2.65. The Labute approximate surface area is 203 Å². The number of alkyl halides is 1. The number of amides is 2. The number of halogens is 2. The van der Waals surface area contributed by atoms with Gasteiger partial charge >= 0.3 is 6.09 Å². The fourth-order valence-corrected chi connectivity index (χ4v) is 3.83. The van der Waals surface area contributed by atoms with E-state index in [-0.39, 0.29) is 41.4 Å². The quantitative estimate of drug-likeness (QED) is 0.357. The molecule has 2 fully saturated rings. The average Bonchev–Trinajstić information content (AvgIpc) is 3.15. The van der Waals surface area contributed by atoms with Crippen molar-refractivity contribution in [2.24, 2.45) is 0 Å². The van der Waals surface area contributed by atoms with Gasteiger partial charge in [0.05, 0.1) is 12.3 Å². The molecule has 186 valence electrons. The maximum Gasteiger partial charge on any atom is 0.407 e. The summed E-state index contributed by atoms with van der Waals surface area (Å²) in [5, 5.41) is 15.5. The van der Waals surface area contributed by atoms with Crippen molar-refractivity contribution >= 4 is 41.0 Å². The van der Waals surface area contributed by atoms with E-state index in [1.165, 1.54) is 6.07 Å². The standard InChI is InChI=1S/C21H24ClFN8O4/c1-9(2)24-21(33)35-13-8-34-18(17(13)23)11-5-15(30-29-11)28-20-27-14(22)6-16-26-12(7-31(16)20)19(32)25-10-3-4-10/h5-7,9-10,13,17-18H,3-4,8H2,1-2H3,(H,24,33)(H,25,32)(H2,27,28,29,30)/t13-,17+,18-/m1/s1. The van der Waals surface area contributed by atoms with Crippen molar-refractivity contribution in [3.63, 3.8) is 0 Å². The Bertz CT molecular complexity index is 1260. The predicted molar refractivity (Wildman–Crippen MR) is 122 cm³/mol. The van der Waals surface area contributed by atoms with Crippen LogP contribution in [0.1, 0.15) is 49.0 Å². The van der Waals surface area contributed by atoms with Gasteiger partial charge in [-0.05, 0) is 26.7 Å². The smallest absolute Gasteiger partial charge is 0.407 e. The lowest BCUT2D eigenvalue weighted by atomic mass is 10.1. The molecule has 4 N–H and O–H groups in total. The Morgan fingerprint density at radius 3 is 2.86 bits per heavy atom. The number of nitrogens with one attached hydrogen (secondary N) is 4. The van der Waals surface area contributed by atoms with Gasteiger partial charge in [0.2, 0.25) is 5.95 Å². The Morgan fingerprint density at radius 2 is 2.11 bits per heavy atom. The largest absolute Gasteiger partial charge is 0.441 e. The molecule has 0 bridgehead atoms. The zero-order valence-electron chi connectivity index (χ0n) is 18.9. The van der Waals surface area contributed by atoms with Crippen molar-refractivity contribution in [1.82, 2.24) is 35.2 Å². The van der Waals surface area contributed by atoms with Gasteiger partial charge < -0.3 is 25.4 Å². The molecular weight excluding hydrogens is 483 g/mol. The first-order valence-electron chi connectivity index (χ1n) is 11.2. The van der Waals surface area contributed by atoms with Crippen molar-refractivity contribution in [3.8, 4) is 0 Å². The van der Waals surface area contributed by atoms with Crippen molar-refractivity contribution in [2.75, 3.05) is 11.9 Å². The highest BCUT2D eigenvalue weighted by molar-refractivity contribution is 6.29. The van der Waals surface area contributed by atoms with Gasteiger partial charge in [-0.2, -0.15) is 5.10 Å². The molecule has 0 aromatic carbocycles. The van der Waals surface area contributed by atoms with Gasteiger partial charge in [0.25, 0.3) is 5.91 Å². The SMILES string of the molecule is CC(C)NC(=O)O[C@@H]1CO[C@H](c2cc(Nc3nc(Cl)cc4nc(C(=O)NC5CC5)cn34)n[nH]2)[C@H]1F. The lowest BCUT2D eigenvalue weighted by molar-refractivity contribution is 0.0615. The molecular formula is C21H24ClFN8O4. The first-order chi connectivity index (χ1) is 16.8. The minimum Gasteiger partial charge on any atom is -0.441 e. The van der Waals surface area contributed by atoms with E-state index < -0.39 is 24.5 Å². The van der Waals surface area contributed by atoms with Crippen molar-refractivity contribution in [3.05, 3.63) is 34.9 Å². The number of rotatable bonds is 7. The van der Waals surface area contributed by atoms with Gasteiger partial charge in [-0.15, -0.1) is 0 Å². The van der Waals surface area contributed by atoms with Crippen molar-refractivity contribution in [2.45, 2.75) is 57.2 Å². The second kappa shape index (κ2) is 9.30. The van der Waals surface area contributed by atoms with E-state index >= 15 is 0 Å². The molecule has 1 aliphatic carbocycles. The molecule has 1 saturated heterocycles. The fraction of sp³-hybridized carbons (Fsp3) is 0.476. The zero-order valence-corrected chi connectivity index (χ0v) is 19.7. The number of alkyl carbamates (subject to hydrolysis) is 1. The number of aromatic nitrogens is 5. The molecule has 4 heterocycles. The summed E-state index contributed by atoms with van der Waals surface area (Å²) in [7, 11) is 0. The number of aromatic amines is 1. The molecule has 2 amide bonds. The van der Waals surface area contributed by atoms with Crippen LogP contribution in [-0.4, -0.2) is 67.5 Å². The maximum atomic E-state index is 14.9. The number of imidazole rings is 1. The number of H-pyrrole nitrogens is 1. The number of hydrogen-bond donors (Lipinski definition) is 4. The highest BCUT2D eigenvalue weighted by Gasteiger charge is 2.42. The van der Waals surface area contributed by atoms with Gasteiger partial charge in [0.1, 0.15) is 22.6 Å². The summed E-state index contributed by atoms with van der Waals surface area (Å²) in [6.07, 6.45) is -0.850. The molecule has 5 rings (SSSR count). The zero-order chi connectivity index (χ0) is 24.7. The van der Waals surface area contributed by atoms with E-state index in [1.54, 1.807) is 30.5 Å². The summed E-state index contributed by atoms with van der Waals surface area (Å²) in [6.45, 7) is 3.46. The van der Waals surface area contributed by atoms with Crippen LogP contribution in [0.15, 0.2) is 18.3 Å². The molecule has 1 aliphatic heterocycles. The minimum atomic E-state index is -1.58. The molecule has 35 heavy (non-hydrogen) atoms. The van der Waals surface area contributed by atoms with Crippen molar-refractivity contribution in [1.29, 1.82) is 0 Å². The number of ether oxygens (including phenoxy) is 2. The van der Waals surface area contributed by atoms with Crippen LogP contribution in [0.4, 0.5) is 21.0 Å². The lowest BCUT2D eigenvalue weighted by Gasteiger charge is -2.16. The number of nitrogens with zero attached hydrogens (tertiary/aromatic N) is 4. The van der Waals surface area contributed by atoms with Crippen LogP contribution in [0.2, 0.25) is 5.15 Å². The minimum absolute atomic E-state index is 0.0870. The third kappa shape index (κ3) is 5.15. The van der Waals surface area contributed by atoms with Crippen molar-refractivity contribution < 1.29 is 23.5 Å². The van der Waals surface area contributed by atoms with Gasteiger partial charge in [-0.1, -0.05) is 11.6 Å². The van der Waals surface area contributed by atoms with Gasteiger partial charge in [0, 0.05) is 30.4 Å². The Hall–Kier alpha value is -3.45. The summed E-state index contributed by atoms with van der Waals surface area (Å²) in [6, 6.07) is 3.15. The Kier molecular flexibility index (Phi) is 6.19. The molecule has 0 unspecified atom stereocenters. The van der Waals surface area contributed by atoms with E-state index in [1.807, 2.05) is 0 Å². The molecule has 3 atom stereocenters. The highest BCUT2D eigenvalue weighted by Crippen LogP contribution is 2.33. The monoisotopic (exact) mass is 506 g/mol. The van der Waals surface area contributed by atoms with Crippen LogP contribution < -0.4 is 16.0 Å². The fourth-order valence-electron chi connectivity index (χ4n) is 3.65. The summed E-state index contributed by atoms with van der Waals surface area (Å²) >= 11 is 6.14. The van der Waals surface area contributed by atoms with Gasteiger partial charge in [0.15, 0.2) is 18.1 Å². The maximum absolute atomic E-state index is 14.9. The molecule has 2 aliphatic rings. The second-order valence-corrected chi connectivity index (χ2v) is 9.17. The number of carbonyl (C=O) groups is 2. The first-order valence-corrected chi connectivity index (χ1v) is 11.6. The molecule has 0 radical (unpaired) electrons. The van der Waals surface area contributed by atoms with E-state index in [0.717, 1.165) is 12.8 Å². The number of fused-ring (bicyclic) bond motifs is 1. The van der Waals surface area contributed by atoms with Crippen LogP contribution in [0.25, 0.3) is 5.65 Å². The Balaban J connectivity index is 1.30. The third-order valence-corrected chi connectivity index (χ3v) is 5.65. The summed E-state index contributed by atoms with van der Waals surface area (Å²) in [5.74, 6) is 0.303. The van der Waals surface area contributed by atoms with Crippen LogP contribution in [0.5, 0.6) is 0 Å². The highest BCUT2D eigenvalue weighted by atomic mass is 35.5. The summed E-state index contributed by atoms with van der Waals surface area (Å²) in [5.41, 5.74) is 1.01. The average molecular weight is 507 g/mol. The summed E-state index contributed by atoms with van der Waals surface area (Å²) in [4.78, 5) is 32.8. The van der Waals surface area contributed by atoms with Crippen LogP contribution in [0.3, 0.4) is 0 Å². The van der Waals surface area contributed by atoms with Crippen LogP contribution in [0, 0.1) is 0 Å². The Morgan fingerprint density at radius 1 is 1.31 bits per heavy atom. The first kappa shape index (κ1) is 23.3. The third-order valence-electron chi connectivity index (χ3n) is 5.46. The second-order valence-electron chi connectivity index (χ2n) is 8.78. The number of anilines is 2. The summed E-state index contributed by atoms with van der Waals surface area (Å²) < 4.78 is 27.1. The molecule has 14 heteroatoms. The van der Waals surface area contributed by atoms with Crippen LogP contribution >= 0.6 is 11.6 Å². The molecule has 3 aromatic rings. The van der Waals surface area contributed by atoms with Gasteiger partial charge in [-0.3, -0.25) is 14.3 Å². The molecule has 0 spiro atoms. The van der Waals surface area contributed by atoms with E-state index in [2.05, 4.69) is 36.1 Å². The normalized spacial score (nSPS) is 21.9. The molecule has 3 aromatic heterocycles. The topological polar surface area (TPSA) is 148 Å². The molecule has 12 nitrogen and oxygen atoms in total. The van der Waals surface area contributed by atoms with Crippen LogP contribution in [-0.2, 0) is 9.47 Å². The van der Waals surface area contributed by atoms with E-state index in [4.69, 9.17) is 21.1 Å². The molecule has 1 saturated carbocycles. The van der Waals surface area contributed by atoms with E-state index in [9.17, 15) is 14.0 Å². The lowest BCUT2D eigenvalue weighted by Crippen LogP contribution is -2.36.